The summed E-state index contributed by atoms with van der Waals surface area (Å²) in [5.74, 6) is -0.339. The number of rotatable bonds is 8. The van der Waals surface area contributed by atoms with Crippen LogP contribution in [0.25, 0.3) is 0 Å². The first kappa shape index (κ1) is 24.9. The zero-order valence-electron chi connectivity index (χ0n) is 18.3. The van der Waals surface area contributed by atoms with Crippen LogP contribution in [0.2, 0.25) is 10.0 Å². The maximum atomic E-state index is 12.1. The van der Waals surface area contributed by atoms with Crippen molar-refractivity contribution in [1.29, 1.82) is 0 Å². The van der Waals surface area contributed by atoms with Crippen molar-refractivity contribution in [3.05, 3.63) is 81.8 Å². The molecule has 176 valence electrons. The van der Waals surface area contributed by atoms with Crippen LogP contribution in [0.1, 0.15) is 11.1 Å². The SMILES string of the molecule is COc1ccc(NC(=O)C(=O)N/N=C/c2ccc(OCc3c(Cl)cccc3Cl)cc2)c(OC)c1. The zero-order valence-corrected chi connectivity index (χ0v) is 19.8. The molecule has 0 unspecified atom stereocenters. The van der Waals surface area contributed by atoms with Crippen molar-refractivity contribution in [2.45, 2.75) is 6.61 Å². The maximum Gasteiger partial charge on any atom is 0.329 e. The average Bonchev–Trinajstić information content (AvgIpc) is 2.84. The predicted molar refractivity (Wildman–Crippen MR) is 131 cm³/mol. The number of methoxy groups -OCH3 is 2. The van der Waals surface area contributed by atoms with Gasteiger partial charge in [-0.1, -0.05) is 29.3 Å². The summed E-state index contributed by atoms with van der Waals surface area (Å²) in [6.45, 7) is 0.218. The number of carbonyl (C=O) groups excluding carboxylic acids is 2. The van der Waals surface area contributed by atoms with Gasteiger partial charge in [-0.25, -0.2) is 5.43 Å². The third-order valence-corrected chi connectivity index (χ3v) is 5.28. The summed E-state index contributed by atoms with van der Waals surface area (Å²) >= 11 is 12.3. The maximum absolute atomic E-state index is 12.1. The second kappa shape index (κ2) is 11.9. The number of anilines is 1. The van der Waals surface area contributed by atoms with E-state index in [2.05, 4.69) is 15.8 Å². The first-order valence-corrected chi connectivity index (χ1v) is 10.7. The molecule has 8 nitrogen and oxygen atoms in total. The molecule has 0 atom stereocenters. The van der Waals surface area contributed by atoms with Crippen molar-refractivity contribution < 1.29 is 23.8 Å². The first-order valence-electron chi connectivity index (χ1n) is 9.93. The Balaban J connectivity index is 1.52. The van der Waals surface area contributed by atoms with Crippen molar-refractivity contribution in [2.75, 3.05) is 19.5 Å². The molecule has 3 aromatic rings. The molecule has 3 rings (SSSR count). The third-order valence-electron chi connectivity index (χ3n) is 4.57. The lowest BCUT2D eigenvalue weighted by molar-refractivity contribution is -0.136. The van der Waals surface area contributed by atoms with Crippen LogP contribution in [-0.4, -0.2) is 32.2 Å². The standard InChI is InChI=1S/C24H21Cl2N3O5/c1-32-17-10-11-21(22(12-17)33-2)28-23(30)24(31)29-27-13-15-6-8-16(9-7-15)34-14-18-19(25)4-3-5-20(18)26/h3-13H,14H2,1-2H3,(H,28,30)(H,29,31)/b27-13+. The monoisotopic (exact) mass is 501 g/mol. The summed E-state index contributed by atoms with van der Waals surface area (Å²) in [7, 11) is 2.95. The number of benzene rings is 3. The molecule has 34 heavy (non-hydrogen) atoms. The van der Waals surface area contributed by atoms with Crippen LogP contribution in [0.5, 0.6) is 17.2 Å². The molecule has 0 heterocycles. The van der Waals surface area contributed by atoms with Crippen LogP contribution < -0.4 is 25.0 Å². The lowest BCUT2D eigenvalue weighted by atomic mass is 10.2. The zero-order chi connectivity index (χ0) is 24.5. The van der Waals surface area contributed by atoms with Gasteiger partial charge >= 0.3 is 11.8 Å². The Hall–Kier alpha value is -3.75. The Morgan fingerprint density at radius 1 is 0.912 bits per heavy atom. The van der Waals surface area contributed by atoms with E-state index < -0.39 is 11.8 Å². The molecule has 2 N–H and O–H groups in total. The summed E-state index contributed by atoms with van der Waals surface area (Å²) in [5, 5.41) is 7.33. The fraction of sp³-hybridized carbons (Fsp3) is 0.125. The number of halogens is 2. The molecule has 0 aliphatic rings. The van der Waals surface area contributed by atoms with Crippen molar-refractivity contribution >= 4 is 46.9 Å². The van der Waals surface area contributed by atoms with Gasteiger partial charge in [0.05, 0.1) is 26.1 Å². The molecule has 3 aromatic carbocycles. The van der Waals surface area contributed by atoms with E-state index in [1.54, 1.807) is 60.7 Å². The molecule has 0 saturated carbocycles. The van der Waals surface area contributed by atoms with Crippen molar-refractivity contribution in [2.24, 2.45) is 5.10 Å². The summed E-state index contributed by atoms with van der Waals surface area (Å²) < 4.78 is 16.0. The molecule has 0 aromatic heterocycles. The van der Waals surface area contributed by atoms with E-state index in [0.717, 1.165) is 0 Å². The Labute approximate surface area is 206 Å². The molecule has 0 fully saturated rings. The highest BCUT2D eigenvalue weighted by Gasteiger charge is 2.15. The van der Waals surface area contributed by atoms with Crippen LogP contribution in [0.3, 0.4) is 0 Å². The van der Waals surface area contributed by atoms with Gasteiger partial charge in [0, 0.05) is 21.7 Å². The molecule has 0 spiro atoms. The van der Waals surface area contributed by atoms with Crippen LogP contribution in [0.15, 0.2) is 65.8 Å². The van der Waals surface area contributed by atoms with Gasteiger partial charge in [0.25, 0.3) is 0 Å². The number of nitrogens with one attached hydrogen (secondary N) is 2. The normalized spacial score (nSPS) is 10.6. The largest absolute Gasteiger partial charge is 0.497 e. The molecular formula is C24H21Cl2N3O5. The lowest BCUT2D eigenvalue weighted by Crippen LogP contribution is -2.32. The number of hydrogen-bond acceptors (Lipinski definition) is 6. The van der Waals surface area contributed by atoms with Crippen LogP contribution in [-0.2, 0) is 16.2 Å². The van der Waals surface area contributed by atoms with E-state index in [1.165, 1.54) is 20.4 Å². The minimum absolute atomic E-state index is 0.218. The lowest BCUT2D eigenvalue weighted by Gasteiger charge is -2.11. The van der Waals surface area contributed by atoms with Gasteiger partial charge in [-0.05, 0) is 54.1 Å². The Bertz CT molecular complexity index is 1180. The van der Waals surface area contributed by atoms with E-state index in [0.29, 0.717) is 44.1 Å². The van der Waals surface area contributed by atoms with Gasteiger partial charge in [-0.15, -0.1) is 0 Å². The second-order valence-corrected chi connectivity index (χ2v) is 7.59. The van der Waals surface area contributed by atoms with Crippen molar-refractivity contribution in [1.82, 2.24) is 5.43 Å². The number of amides is 2. The van der Waals surface area contributed by atoms with Gasteiger partial charge in [0.2, 0.25) is 0 Å². The number of hydrogen-bond donors (Lipinski definition) is 2. The van der Waals surface area contributed by atoms with Gasteiger partial charge < -0.3 is 19.5 Å². The fourth-order valence-electron chi connectivity index (χ4n) is 2.77. The number of nitrogens with zero attached hydrogens (tertiary/aromatic N) is 1. The minimum atomic E-state index is -0.939. The van der Waals surface area contributed by atoms with E-state index >= 15 is 0 Å². The number of carbonyl (C=O) groups is 2. The van der Waals surface area contributed by atoms with E-state index in [4.69, 9.17) is 37.4 Å². The Morgan fingerprint density at radius 3 is 2.24 bits per heavy atom. The van der Waals surface area contributed by atoms with E-state index in [-0.39, 0.29) is 6.61 Å². The number of hydrazone groups is 1. The molecule has 2 amide bonds. The minimum Gasteiger partial charge on any atom is -0.497 e. The molecule has 0 radical (unpaired) electrons. The van der Waals surface area contributed by atoms with Gasteiger partial charge in [-0.3, -0.25) is 9.59 Å². The van der Waals surface area contributed by atoms with E-state index in [9.17, 15) is 9.59 Å². The van der Waals surface area contributed by atoms with Crippen molar-refractivity contribution in [3.63, 3.8) is 0 Å². The fourth-order valence-corrected chi connectivity index (χ4v) is 3.28. The topological polar surface area (TPSA) is 98.2 Å². The Kier molecular flexibility index (Phi) is 8.73. The smallest absolute Gasteiger partial charge is 0.329 e. The summed E-state index contributed by atoms with van der Waals surface area (Å²) in [5.41, 5.74) is 3.88. The van der Waals surface area contributed by atoms with Crippen LogP contribution >= 0.6 is 23.2 Å². The Morgan fingerprint density at radius 2 is 1.59 bits per heavy atom. The van der Waals surface area contributed by atoms with Crippen molar-refractivity contribution in [3.8, 4) is 17.2 Å². The average molecular weight is 502 g/mol. The number of ether oxygens (including phenoxy) is 3. The predicted octanol–water partition coefficient (Wildman–Crippen LogP) is 4.68. The van der Waals surface area contributed by atoms with E-state index in [1.807, 2.05) is 0 Å². The van der Waals surface area contributed by atoms with Gasteiger partial charge in [0.1, 0.15) is 23.9 Å². The van der Waals surface area contributed by atoms with Crippen LogP contribution in [0.4, 0.5) is 5.69 Å². The summed E-state index contributed by atoms with van der Waals surface area (Å²) in [6.07, 6.45) is 1.40. The first-order chi connectivity index (χ1) is 16.4. The summed E-state index contributed by atoms with van der Waals surface area (Å²) in [4.78, 5) is 24.2. The third kappa shape index (κ3) is 6.63. The molecule has 0 aliphatic heterocycles. The highest BCUT2D eigenvalue weighted by atomic mass is 35.5. The molecule has 0 saturated heterocycles. The molecule has 10 heteroatoms. The van der Waals surface area contributed by atoms with Gasteiger partial charge in [0.15, 0.2) is 0 Å². The second-order valence-electron chi connectivity index (χ2n) is 6.78. The highest BCUT2D eigenvalue weighted by molar-refractivity contribution is 6.39. The van der Waals surface area contributed by atoms with Gasteiger partial charge in [-0.2, -0.15) is 5.10 Å². The molecule has 0 bridgehead atoms. The quantitative estimate of drug-likeness (QED) is 0.265. The summed E-state index contributed by atoms with van der Waals surface area (Å²) in [6, 6.07) is 17.0. The van der Waals surface area contributed by atoms with Crippen LogP contribution in [0, 0.1) is 0 Å². The highest BCUT2D eigenvalue weighted by Crippen LogP contribution is 2.29. The molecular weight excluding hydrogens is 481 g/mol. The molecule has 0 aliphatic carbocycles.